The highest BCUT2D eigenvalue weighted by molar-refractivity contribution is 6.10. The van der Waals surface area contributed by atoms with Crippen molar-refractivity contribution in [2.45, 2.75) is 13.8 Å². The molecule has 0 aromatic heterocycles. The molecule has 0 aliphatic carbocycles. The van der Waals surface area contributed by atoms with E-state index in [1.807, 2.05) is 0 Å². The number of ether oxygens (including phenoxy) is 1. The molecule has 0 saturated carbocycles. The number of hydrogen-bond donors (Lipinski definition) is 2. The quantitative estimate of drug-likeness (QED) is 0.372. The van der Waals surface area contributed by atoms with Gasteiger partial charge in [-0.2, -0.15) is 0 Å². The molecule has 2 N–H and O–H groups in total. The molecule has 0 saturated heterocycles. The maximum atomic E-state index is 11.5. The molecule has 0 unspecified atom stereocenters. The van der Waals surface area contributed by atoms with Gasteiger partial charge in [-0.3, -0.25) is 4.99 Å². The molecule has 0 aliphatic heterocycles. The summed E-state index contributed by atoms with van der Waals surface area (Å²) in [4.78, 5) is 15.5. The van der Waals surface area contributed by atoms with Crippen molar-refractivity contribution in [3.8, 4) is 5.75 Å². The largest absolute Gasteiger partial charge is 0.512 e. The van der Waals surface area contributed by atoms with Crippen LogP contribution in [0.15, 0.2) is 40.6 Å². The van der Waals surface area contributed by atoms with Gasteiger partial charge in [-0.15, -0.1) is 0 Å². The molecule has 0 heterocycles. The third kappa shape index (κ3) is 3.93. The summed E-state index contributed by atoms with van der Waals surface area (Å²) in [5, 5.41) is 18.6. The maximum Gasteiger partial charge on any atom is 0.343 e. The number of aliphatic imine (C=N–C) groups is 1. The van der Waals surface area contributed by atoms with Crippen molar-refractivity contribution in [2.24, 2.45) is 4.99 Å². The highest BCUT2D eigenvalue weighted by Crippen LogP contribution is 2.18. The van der Waals surface area contributed by atoms with Crippen LogP contribution >= 0.6 is 0 Å². The van der Waals surface area contributed by atoms with Crippen LogP contribution in [0.1, 0.15) is 13.8 Å². The lowest BCUT2D eigenvalue weighted by atomic mass is 10.2. The third-order valence-electron chi connectivity index (χ3n) is 2.06. The molecular formula is C13H15NO4. The molecule has 5 nitrogen and oxygen atoms in total. The topological polar surface area (TPSA) is 79.1 Å². The Labute approximate surface area is 105 Å². The van der Waals surface area contributed by atoms with Gasteiger partial charge in [0.25, 0.3) is 0 Å². The number of phenols is 1. The Kier molecular flexibility index (Phi) is 4.92. The Bertz CT molecular complexity index is 488. The predicted molar refractivity (Wildman–Crippen MR) is 68.2 cm³/mol. The van der Waals surface area contributed by atoms with Crippen LogP contribution in [-0.4, -0.2) is 29.0 Å². The van der Waals surface area contributed by atoms with Crippen molar-refractivity contribution in [1.82, 2.24) is 0 Å². The van der Waals surface area contributed by atoms with Gasteiger partial charge >= 0.3 is 5.97 Å². The lowest BCUT2D eigenvalue weighted by Gasteiger charge is -2.03. The van der Waals surface area contributed by atoms with Crippen LogP contribution < -0.4 is 0 Å². The zero-order valence-corrected chi connectivity index (χ0v) is 10.3. The van der Waals surface area contributed by atoms with Crippen molar-refractivity contribution < 1.29 is 19.7 Å². The standard InChI is InChI=1S/C13H15NO4/c1-3-18-13(17)12(9(2)15)8-14-10-5-4-6-11(16)7-10/h4-8,15-16H,3H2,1-2H3/b12-9+,14-8?. The van der Waals surface area contributed by atoms with Crippen LogP contribution in [0, 0.1) is 0 Å². The van der Waals surface area contributed by atoms with Crippen molar-refractivity contribution in [3.05, 3.63) is 35.6 Å². The lowest BCUT2D eigenvalue weighted by Crippen LogP contribution is -2.10. The number of hydrogen-bond acceptors (Lipinski definition) is 5. The molecule has 0 aliphatic rings. The van der Waals surface area contributed by atoms with Gasteiger partial charge in [0, 0.05) is 12.3 Å². The van der Waals surface area contributed by atoms with Gasteiger partial charge in [0.1, 0.15) is 17.1 Å². The normalized spacial score (nSPS) is 12.3. The molecule has 0 radical (unpaired) electrons. The zero-order valence-electron chi connectivity index (χ0n) is 10.3. The Morgan fingerprint density at radius 2 is 2.22 bits per heavy atom. The van der Waals surface area contributed by atoms with Crippen LogP contribution in [0.2, 0.25) is 0 Å². The second kappa shape index (κ2) is 6.44. The van der Waals surface area contributed by atoms with Crippen LogP contribution in [0.4, 0.5) is 5.69 Å². The van der Waals surface area contributed by atoms with E-state index in [1.165, 1.54) is 25.3 Å². The highest BCUT2D eigenvalue weighted by atomic mass is 16.5. The molecule has 0 atom stereocenters. The fraction of sp³-hybridized carbons (Fsp3) is 0.231. The molecule has 18 heavy (non-hydrogen) atoms. The van der Waals surface area contributed by atoms with Crippen LogP contribution in [-0.2, 0) is 9.53 Å². The van der Waals surface area contributed by atoms with Gasteiger partial charge < -0.3 is 14.9 Å². The number of aromatic hydroxyl groups is 1. The highest BCUT2D eigenvalue weighted by Gasteiger charge is 2.11. The van der Waals surface area contributed by atoms with Gasteiger partial charge in [0.05, 0.1) is 12.3 Å². The van der Waals surface area contributed by atoms with Gasteiger partial charge in [0.2, 0.25) is 0 Å². The van der Waals surface area contributed by atoms with Gasteiger partial charge in [-0.05, 0) is 26.0 Å². The monoisotopic (exact) mass is 249 g/mol. The van der Waals surface area contributed by atoms with Crippen LogP contribution in [0.5, 0.6) is 5.75 Å². The minimum atomic E-state index is -0.638. The van der Waals surface area contributed by atoms with E-state index in [2.05, 4.69) is 4.99 Å². The van der Waals surface area contributed by atoms with Crippen molar-refractivity contribution in [3.63, 3.8) is 0 Å². The molecule has 1 aromatic rings. The zero-order chi connectivity index (χ0) is 13.5. The minimum Gasteiger partial charge on any atom is -0.512 e. The second-order valence-corrected chi connectivity index (χ2v) is 3.50. The first-order chi connectivity index (χ1) is 8.54. The number of benzene rings is 1. The number of esters is 1. The van der Waals surface area contributed by atoms with E-state index >= 15 is 0 Å². The van der Waals surface area contributed by atoms with E-state index in [4.69, 9.17) is 4.74 Å². The summed E-state index contributed by atoms with van der Waals surface area (Å²) in [7, 11) is 0. The molecule has 1 rings (SSSR count). The van der Waals surface area contributed by atoms with E-state index in [-0.39, 0.29) is 23.7 Å². The fourth-order valence-corrected chi connectivity index (χ4v) is 1.22. The number of carbonyl (C=O) groups excluding carboxylic acids is 1. The summed E-state index contributed by atoms with van der Waals surface area (Å²) in [6.45, 7) is 3.27. The molecule has 96 valence electrons. The molecule has 5 heteroatoms. The fourth-order valence-electron chi connectivity index (χ4n) is 1.22. The van der Waals surface area contributed by atoms with Gasteiger partial charge in [-0.1, -0.05) is 6.07 Å². The van der Waals surface area contributed by atoms with E-state index in [0.29, 0.717) is 5.69 Å². The van der Waals surface area contributed by atoms with E-state index < -0.39 is 5.97 Å². The Morgan fingerprint density at radius 3 is 2.78 bits per heavy atom. The van der Waals surface area contributed by atoms with Crippen molar-refractivity contribution in [1.29, 1.82) is 0 Å². The number of rotatable bonds is 4. The molecule has 0 amide bonds. The van der Waals surface area contributed by atoms with E-state index in [9.17, 15) is 15.0 Å². The maximum absolute atomic E-state index is 11.5. The summed E-state index contributed by atoms with van der Waals surface area (Å²) in [5.41, 5.74) is 0.457. The predicted octanol–water partition coefficient (Wildman–Crippen LogP) is 2.49. The molecular weight excluding hydrogens is 234 g/mol. The number of phenolic OH excluding ortho intramolecular Hbond substituents is 1. The summed E-state index contributed by atoms with van der Waals surface area (Å²) >= 11 is 0. The van der Waals surface area contributed by atoms with Gasteiger partial charge in [-0.25, -0.2) is 4.79 Å². The number of carbonyl (C=O) groups is 1. The molecule has 0 fully saturated rings. The van der Waals surface area contributed by atoms with Crippen molar-refractivity contribution in [2.75, 3.05) is 6.61 Å². The molecule has 0 bridgehead atoms. The van der Waals surface area contributed by atoms with E-state index in [0.717, 1.165) is 0 Å². The molecule has 1 aromatic carbocycles. The average molecular weight is 249 g/mol. The Morgan fingerprint density at radius 1 is 1.50 bits per heavy atom. The lowest BCUT2D eigenvalue weighted by molar-refractivity contribution is -0.138. The summed E-state index contributed by atoms with van der Waals surface area (Å²) < 4.78 is 4.78. The third-order valence-corrected chi connectivity index (χ3v) is 2.06. The van der Waals surface area contributed by atoms with E-state index in [1.54, 1.807) is 19.1 Å². The Hall–Kier alpha value is -2.30. The Balaban J connectivity index is 2.92. The minimum absolute atomic E-state index is 0.0137. The van der Waals surface area contributed by atoms with Gasteiger partial charge in [0.15, 0.2) is 0 Å². The molecule has 0 spiro atoms. The second-order valence-electron chi connectivity index (χ2n) is 3.50. The number of allylic oxidation sites excluding steroid dienone is 1. The smallest absolute Gasteiger partial charge is 0.343 e. The van der Waals surface area contributed by atoms with Crippen molar-refractivity contribution >= 4 is 17.9 Å². The summed E-state index contributed by atoms with van der Waals surface area (Å²) in [6, 6.07) is 6.23. The van der Waals surface area contributed by atoms with Crippen LogP contribution in [0.3, 0.4) is 0 Å². The van der Waals surface area contributed by atoms with Crippen LogP contribution in [0.25, 0.3) is 0 Å². The SMILES string of the molecule is CCOC(=O)/C(C=Nc1cccc(O)c1)=C(\C)O. The first kappa shape index (κ1) is 13.8. The first-order valence-corrected chi connectivity index (χ1v) is 5.44. The number of aliphatic hydroxyl groups excluding tert-OH is 1. The first-order valence-electron chi connectivity index (χ1n) is 5.44. The summed E-state index contributed by atoms with van der Waals surface area (Å²) in [6.07, 6.45) is 1.21. The average Bonchev–Trinajstić information content (AvgIpc) is 2.29. The summed E-state index contributed by atoms with van der Waals surface area (Å²) in [5.74, 6) is -0.731. The number of nitrogens with zero attached hydrogens (tertiary/aromatic N) is 1. The number of aliphatic hydroxyl groups is 1.